The number of ether oxygens (including phenoxy) is 2. The fourth-order valence-corrected chi connectivity index (χ4v) is 2.65. The summed E-state index contributed by atoms with van der Waals surface area (Å²) < 4.78 is 24.0. The molecule has 3 rings (SSSR count). The highest BCUT2D eigenvalue weighted by atomic mass is 19.1. The molecule has 2 heterocycles. The fraction of sp³-hybridized carbons (Fsp3) is 0.412. The standard InChI is InChI=1S/C17H20FN3O2/c1-22-17(8-10-23-11-9-17)12-19-16-7-6-15(20-21-16)13-2-4-14(18)5-3-13/h2-7H,8-12H2,1H3,(H,19,21). The van der Waals surface area contributed by atoms with Crippen LogP contribution in [0.3, 0.4) is 0 Å². The van der Waals surface area contributed by atoms with Gasteiger partial charge in [-0.1, -0.05) is 0 Å². The quantitative estimate of drug-likeness (QED) is 0.919. The Morgan fingerprint density at radius 2 is 1.87 bits per heavy atom. The Morgan fingerprint density at radius 3 is 2.48 bits per heavy atom. The number of halogens is 1. The predicted molar refractivity (Wildman–Crippen MR) is 85.7 cm³/mol. The number of benzene rings is 1. The van der Waals surface area contributed by atoms with Gasteiger partial charge in [-0.15, -0.1) is 10.2 Å². The molecule has 0 amide bonds. The first-order valence-corrected chi connectivity index (χ1v) is 7.67. The van der Waals surface area contributed by atoms with Gasteiger partial charge in [0.15, 0.2) is 0 Å². The van der Waals surface area contributed by atoms with Crippen molar-refractivity contribution in [3.8, 4) is 11.3 Å². The minimum Gasteiger partial charge on any atom is -0.381 e. The average molecular weight is 317 g/mol. The predicted octanol–water partition coefficient (Wildman–Crippen LogP) is 2.89. The third kappa shape index (κ3) is 3.83. The SMILES string of the molecule is COC1(CNc2ccc(-c3ccc(F)cc3)nn2)CCOCC1. The van der Waals surface area contributed by atoms with Gasteiger partial charge in [-0.05, 0) is 36.4 Å². The largest absolute Gasteiger partial charge is 0.381 e. The zero-order chi connectivity index (χ0) is 16.1. The molecule has 1 aromatic carbocycles. The Bertz CT molecular complexity index is 625. The minimum absolute atomic E-state index is 0.213. The smallest absolute Gasteiger partial charge is 0.148 e. The molecule has 1 N–H and O–H groups in total. The molecule has 6 heteroatoms. The number of methoxy groups -OCH3 is 1. The second-order valence-corrected chi connectivity index (χ2v) is 5.66. The molecule has 0 atom stereocenters. The van der Waals surface area contributed by atoms with Gasteiger partial charge >= 0.3 is 0 Å². The van der Waals surface area contributed by atoms with Crippen LogP contribution >= 0.6 is 0 Å². The minimum atomic E-state index is -0.263. The number of nitrogens with zero attached hydrogens (tertiary/aromatic N) is 2. The lowest BCUT2D eigenvalue weighted by atomic mass is 9.94. The van der Waals surface area contributed by atoms with Crippen LogP contribution in [-0.4, -0.2) is 42.7 Å². The van der Waals surface area contributed by atoms with E-state index < -0.39 is 0 Å². The van der Waals surface area contributed by atoms with Crippen LogP contribution in [-0.2, 0) is 9.47 Å². The fourth-order valence-electron chi connectivity index (χ4n) is 2.65. The van der Waals surface area contributed by atoms with Crippen molar-refractivity contribution in [3.05, 3.63) is 42.2 Å². The van der Waals surface area contributed by atoms with Gasteiger partial charge < -0.3 is 14.8 Å². The molecule has 0 aliphatic carbocycles. The summed E-state index contributed by atoms with van der Waals surface area (Å²) in [7, 11) is 1.73. The van der Waals surface area contributed by atoms with E-state index in [0.717, 1.165) is 18.4 Å². The summed E-state index contributed by atoms with van der Waals surface area (Å²) in [5, 5.41) is 11.7. The van der Waals surface area contributed by atoms with Gasteiger partial charge in [0.05, 0.1) is 11.3 Å². The summed E-state index contributed by atoms with van der Waals surface area (Å²) in [4.78, 5) is 0. The lowest BCUT2D eigenvalue weighted by Crippen LogP contribution is -2.44. The van der Waals surface area contributed by atoms with Crippen molar-refractivity contribution in [1.82, 2.24) is 10.2 Å². The molecule has 0 bridgehead atoms. The first-order valence-electron chi connectivity index (χ1n) is 7.67. The molecule has 5 nitrogen and oxygen atoms in total. The Hall–Kier alpha value is -2.05. The molecular formula is C17H20FN3O2. The van der Waals surface area contributed by atoms with E-state index >= 15 is 0 Å². The van der Waals surface area contributed by atoms with Gasteiger partial charge in [0.1, 0.15) is 11.6 Å². The zero-order valence-corrected chi connectivity index (χ0v) is 13.1. The van der Waals surface area contributed by atoms with Crippen molar-refractivity contribution >= 4 is 5.82 Å². The van der Waals surface area contributed by atoms with Crippen molar-refractivity contribution in [3.63, 3.8) is 0 Å². The molecule has 1 aromatic heterocycles. The summed E-state index contributed by atoms with van der Waals surface area (Å²) in [5.74, 6) is 0.431. The lowest BCUT2D eigenvalue weighted by molar-refractivity contribution is -0.0807. The maximum Gasteiger partial charge on any atom is 0.148 e. The van der Waals surface area contributed by atoms with Crippen molar-refractivity contribution in [2.24, 2.45) is 0 Å². The van der Waals surface area contributed by atoms with Crippen LogP contribution in [0.2, 0.25) is 0 Å². The van der Waals surface area contributed by atoms with E-state index in [2.05, 4.69) is 15.5 Å². The van der Waals surface area contributed by atoms with Gasteiger partial charge in [-0.3, -0.25) is 0 Å². The Morgan fingerprint density at radius 1 is 1.13 bits per heavy atom. The van der Waals surface area contributed by atoms with E-state index in [0.29, 0.717) is 31.3 Å². The summed E-state index contributed by atoms with van der Waals surface area (Å²) in [6.45, 7) is 2.09. The van der Waals surface area contributed by atoms with Gasteiger partial charge in [0, 0.05) is 45.3 Å². The highest BCUT2D eigenvalue weighted by molar-refractivity contribution is 5.59. The number of aromatic nitrogens is 2. The summed E-state index contributed by atoms with van der Waals surface area (Å²) >= 11 is 0. The summed E-state index contributed by atoms with van der Waals surface area (Å²) in [5.41, 5.74) is 1.33. The number of hydrogen-bond acceptors (Lipinski definition) is 5. The van der Waals surface area contributed by atoms with Crippen LogP contribution < -0.4 is 5.32 Å². The lowest BCUT2D eigenvalue weighted by Gasteiger charge is -2.36. The molecule has 2 aromatic rings. The molecule has 1 aliphatic rings. The molecule has 23 heavy (non-hydrogen) atoms. The summed E-state index contributed by atoms with van der Waals surface area (Å²) in [6, 6.07) is 9.94. The molecule has 1 aliphatic heterocycles. The first kappa shape index (κ1) is 15.8. The van der Waals surface area contributed by atoms with Gasteiger partial charge in [-0.25, -0.2) is 4.39 Å². The molecule has 122 valence electrons. The van der Waals surface area contributed by atoms with Crippen molar-refractivity contribution in [1.29, 1.82) is 0 Å². The van der Waals surface area contributed by atoms with E-state index in [4.69, 9.17) is 9.47 Å². The Kier molecular flexibility index (Phi) is 4.83. The van der Waals surface area contributed by atoms with Crippen molar-refractivity contribution in [2.75, 3.05) is 32.2 Å². The second-order valence-electron chi connectivity index (χ2n) is 5.66. The number of anilines is 1. The van der Waals surface area contributed by atoms with Crippen LogP contribution in [0.5, 0.6) is 0 Å². The Labute approximate surface area is 134 Å². The number of rotatable bonds is 5. The maximum absolute atomic E-state index is 12.9. The Balaban J connectivity index is 1.64. The molecule has 1 fully saturated rings. The molecule has 0 radical (unpaired) electrons. The van der Waals surface area contributed by atoms with E-state index in [1.165, 1.54) is 12.1 Å². The molecule has 1 saturated heterocycles. The number of hydrogen-bond donors (Lipinski definition) is 1. The van der Waals surface area contributed by atoms with E-state index in [9.17, 15) is 4.39 Å². The van der Waals surface area contributed by atoms with Crippen molar-refractivity contribution < 1.29 is 13.9 Å². The third-order valence-electron chi connectivity index (χ3n) is 4.23. The molecule has 0 saturated carbocycles. The second kappa shape index (κ2) is 7.02. The van der Waals surface area contributed by atoms with Crippen molar-refractivity contribution in [2.45, 2.75) is 18.4 Å². The third-order valence-corrected chi connectivity index (χ3v) is 4.23. The van der Waals surface area contributed by atoms with Crippen LogP contribution in [0.1, 0.15) is 12.8 Å². The maximum atomic E-state index is 12.9. The van der Waals surface area contributed by atoms with Gasteiger partial charge in [0.25, 0.3) is 0 Å². The monoisotopic (exact) mass is 317 g/mol. The summed E-state index contributed by atoms with van der Waals surface area (Å²) in [6.07, 6.45) is 1.72. The molecular weight excluding hydrogens is 297 g/mol. The van der Waals surface area contributed by atoms with Crippen LogP contribution in [0, 0.1) is 5.82 Å². The van der Waals surface area contributed by atoms with E-state index in [-0.39, 0.29) is 11.4 Å². The molecule has 0 spiro atoms. The normalized spacial score (nSPS) is 17.0. The van der Waals surface area contributed by atoms with Gasteiger partial charge in [-0.2, -0.15) is 0 Å². The van der Waals surface area contributed by atoms with E-state index in [1.54, 1.807) is 19.2 Å². The first-order chi connectivity index (χ1) is 11.2. The average Bonchev–Trinajstić information content (AvgIpc) is 2.62. The molecule has 0 unspecified atom stereocenters. The highest BCUT2D eigenvalue weighted by Crippen LogP contribution is 2.25. The number of nitrogens with one attached hydrogen (secondary N) is 1. The van der Waals surface area contributed by atoms with Crippen LogP contribution in [0.4, 0.5) is 10.2 Å². The topological polar surface area (TPSA) is 56.3 Å². The van der Waals surface area contributed by atoms with Gasteiger partial charge in [0.2, 0.25) is 0 Å². The highest BCUT2D eigenvalue weighted by Gasteiger charge is 2.32. The van der Waals surface area contributed by atoms with Crippen LogP contribution in [0.15, 0.2) is 36.4 Å². The van der Waals surface area contributed by atoms with E-state index in [1.807, 2.05) is 12.1 Å². The zero-order valence-electron chi connectivity index (χ0n) is 13.1. The van der Waals surface area contributed by atoms with Crippen LogP contribution in [0.25, 0.3) is 11.3 Å².